The Bertz CT molecular complexity index is 570. The molecule has 0 spiro atoms. The second kappa shape index (κ2) is 6.76. The van der Waals surface area contributed by atoms with Gasteiger partial charge in [0.05, 0.1) is 0 Å². The maximum absolute atomic E-state index is 12.3. The summed E-state index contributed by atoms with van der Waals surface area (Å²) in [6, 6.07) is 6.64. The zero-order valence-electron chi connectivity index (χ0n) is 11.8. The lowest BCUT2D eigenvalue weighted by atomic mass is 10.1. The molecule has 0 unspecified atom stereocenters. The maximum atomic E-state index is 12.3. The number of hydrogen-bond acceptors (Lipinski definition) is 5. The second-order valence-corrected chi connectivity index (χ2v) is 4.85. The van der Waals surface area contributed by atoms with E-state index in [0.29, 0.717) is 37.2 Å². The molecule has 21 heavy (non-hydrogen) atoms. The zero-order valence-corrected chi connectivity index (χ0v) is 11.8. The normalized spacial score (nSPS) is 15.2. The summed E-state index contributed by atoms with van der Waals surface area (Å²) in [5.74, 6) is -0.329. The lowest BCUT2D eigenvalue weighted by Crippen LogP contribution is -2.41. The van der Waals surface area contributed by atoms with Gasteiger partial charge in [-0.3, -0.25) is 9.59 Å². The van der Waals surface area contributed by atoms with Crippen molar-refractivity contribution in [3.8, 4) is 0 Å². The topological polar surface area (TPSA) is 96.9 Å². The SMILES string of the molecule is CC(=O)OC1CCN(C(=O)c2ccc(N=[N+]=N)cc2)CC1. The molecular weight excluding hydrogens is 272 g/mol. The Hall–Kier alpha value is -2.53. The Morgan fingerprint density at radius 2 is 1.90 bits per heavy atom. The van der Waals surface area contributed by atoms with Crippen molar-refractivity contribution in [1.29, 1.82) is 5.53 Å². The second-order valence-electron chi connectivity index (χ2n) is 4.85. The summed E-state index contributed by atoms with van der Waals surface area (Å²) in [6.07, 6.45) is 1.24. The van der Waals surface area contributed by atoms with Gasteiger partial charge in [0.15, 0.2) is 10.8 Å². The summed E-state index contributed by atoms with van der Waals surface area (Å²) in [5.41, 5.74) is 7.76. The van der Waals surface area contributed by atoms with Crippen LogP contribution in [0.25, 0.3) is 0 Å². The number of ether oxygens (including phenoxy) is 1. The van der Waals surface area contributed by atoms with E-state index in [1.54, 1.807) is 29.2 Å². The van der Waals surface area contributed by atoms with Gasteiger partial charge in [-0.25, -0.2) is 0 Å². The first kappa shape index (κ1) is 14.9. The van der Waals surface area contributed by atoms with Crippen LogP contribution in [0.15, 0.2) is 29.4 Å². The van der Waals surface area contributed by atoms with E-state index in [4.69, 9.17) is 10.3 Å². The molecular formula is C14H17N4O3+. The van der Waals surface area contributed by atoms with Crippen molar-refractivity contribution in [1.82, 2.24) is 9.81 Å². The van der Waals surface area contributed by atoms with Gasteiger partial charge in [-0.1, -0.05) is 0 Å². The molecule has 1 heterocycles. The van der Waals surface area contributed by atoms with Crippen LogP contribution < -0.4 is 4.91 Å². The predicted octanol–water partition coefficient (Wildman–Crippen LogP) is 2.04. The van der Waals surface area contributed by atoms with Gasteiger partial charge in [-0.15, -0.1) is 0 Å². The minimum atomic E-state index is -0.279. The fraction of sp³-hybridized carbons (Fsp3) is 0.429. The molecule has 7 heteroatoms. The molecule has 1 aromatic carbocycles. The molecule has 7 nitrogen and oxygen atoms in total. The van der Waals surface area contributed by atoms with Crippen molar-refractivity contribution < 1.29 is 14.3 Å². The van der Waals surface area contributed by atoms with Crippen LogP contribution in [-0.2, 0) is 9.53 Å². The maximum Gasteiger partial charge on any atom is 0.302 e. The Morgan fingerprint density at radius 1 is 1.29 bits per heavy atom. The number of carbonyl (C=O) groups excluding carboxylic acids is 2. The quantitative estimate of drug-likeness (QED) is 0.523. The fourth-order valence-corrected chi connectivity index (χ4v) is 2.32. The molecule has 0 bridgehead atoms. The first-order chi connectivity index (χ1) is 10.1. The van der Waals surface area contributed by atoms with Gasteiger partial charge in [-0.05, 0) is 24.3 Å². The largest absolute Gasteiger partial charge is 0.462 e. The molecule has 0 aliphatic carbocycles. The van der Waals surface area contributed by atoms with E-state index in [0.717, 1.165) is 0 Å². The average molecular weight is 289 g/mol. The van der Waals surface area contributed by atoms with Gasteiger partial charge in [-0.2, -0.15) is 0 Å². The summed E-state index contributed by atoms with van der Waals surface area (Å²) < 4.78 is 5.15. The third-order valence-corrected chi connectivity index (χ3v) is 3.34. The molecule has 1 saturated heterocycles. The van der Waals surface area contributed by atoms with Gasteiger partial charge in [0, 0.05) is 38.4 Å². The molecule has 110 valence electrons. The summed E-state index contributed by atoms with van der Waals surface area (Å²) in [6.45, 7) is 2.54. The number of rotatable bonds is 3. The van der Waals surface area contributed by atoms with Crippen LogP contribution in [0.3, 0.4) is 0 Å². The van der Waals surface area contributed by atoms with Crippen molar-refractivity contribution in [2.75, 3.05) is 13.1 Å². The number of carbonyl (C=O) groups is 2. The van der Waals surface area contributed by atoms with Crippen molar-refractivity contribution in [3.63, 3.8) is 0 Å². The fourth-order valence-electron chi connectivity index (χ4n) is 2.32. The van der Waals surface area contributed by atoms with E-state index in [1.165, 1.54) is 6.92 Å². The van der Waals surface area contributed by atoms with Crippen molar-refractivity contribution >= 4 is 17.6 Å². The molecule has 1 aromatic rings. The number of hydrogen-bond donors (Lipinski definition) is 1. The van der Waals surface area contributed by atoms with E-state index >= 15 is 0 Å². The highest BCUT2D eigenvalue weighted by molar-refractivity contribution is 5.94. The molecule has 1 aliphatic rings. The smallest absolute Gasteiger partial charge is 0.302 e. The van der Waals surface area contributed by atoms with Gasteiger partial charge in [0.1, 0.15) is 11.6 Å². The number of amides is 1. The van der Waals surface area contributed by atoms with Crippen molar-refractivity contribution in [2.45, 2.75) is 25.9 Å². The number of piperidine rings is 1. The van der Waals surface area contributed by atoms with Gasteiger partial charge < -0.3 is 9.64 Å². The average Bonchev–Trinajstić information content (AvgIpc) is 2.48. The van der Waals surface area contributed by atoms with Crippen LogP contribution in [0, 0.1) is 5.53 Å². The monoisotopic (exact) mass is 289 g/mol. The molecule has 0 saturated carbocycles. The lowest BCUT2D eigenvalue weighted by molar-refractivity contribution is -0.148. The molecule has 0 aromatic heterocycles. The van der Waals surface area contributed by atoms with Crippen LogP contribution in [0.4, 0.5) is 5.69 Å². The molecule has 1 amide bonds. The third-order valence-electron chi connectivity index (χ3n) is 3.34. The van der Waals surface area contributed by atoms with E-state index < -0.39 is 0 Å². The number of esters is 1. The highest BCUT2D eigenvalue weighted by Crippen LogP contribution is 2.18. The summed E-state index contributed by atoms with van der Waals surface area (Å²) >= 11 is 0. The molecule has 0 atom stereocenters. The van der Waals surface area contributed by atoms with E-state index in [1.807, 2.05) is 0 Å². The highest BCUT2D eigenvalue weighted by Gasteiger charge is 2.25. The van der Waals surface area contributed by atoms with Crippen LogP contribution in [0.2, 0.25) is 0 Å². The molecule has 2 rings (SSSR count). The summed E-state index contributed by atoms with van der Waals surface area (Å²) in [4.78, 5) is 27.9. The molecule has 0 radical (unpaired) electrons. The minimum absolute atomic E-state index is 0.0503. The standard InChI is InChI=1S/C14H17N4O3/c1-10(19)21-13-6-8-18(9-7-13)14(20)11-2-4-12(5-3-11)16-17-15/h2-5,13,15H,6-9H2,1H3/q+1. The van der Waals surface area contributed by atoms with Gasteiger partial charge in [0.25, 0.3) is 5.91 Å². The number of benzene rings is 1. The van der Waals surface area contributed by atoms with Crippen LogP contribution >= 0.6 is 0 Å². The van der Waals surface area contributed by atoms with E-state index in [2.05, 4.69) is 10.0 Å². The third kappa shape index (κ3) is 3.97. The molecule has 1 fully saturated rings. The highest BCUT2D eigenvalue weighted by atomic mass is 16.5. The van der Waals surface area contributed by atoms with Crippen molar-refractivity contribution in [3.05, 3.63) is 29.8 Å². The number of nitrogens with one attached hydrogen (secondary N) is 1. The van der Waals surface area contributed by atoms with E-state index in [9.17, 15) is 9.59 Å². The Labute approximate surface area is 122 Å². The van der Waals surface area contributed by atoms with Crippen molar-refractivity contribution in [2.24, 2.45) is 5.11 Å². The first-order valence-electron chi connectivity index (χ1n) is 6.74. The predicted molar refractivity (Wildman–Crippen MR) is 74.1 cm³/mol. The Balaban J connectivity index is 1.95. The van der Waals surface area contributed by atoms with Crippen LogP contribution in [0.1, 0.15) is 30.1 Å². The van der Waals surface area contributed by atoms with Gasteiger partial charge >= 0.3 is 5.97 Å². The van der Waals surface area contributed by atoms with Crippen LogP contribution in [-0.4, -0.2) is 36.0 Å². The van der Waals surface area contributed by atoms with E-state index in [-0.39, 0.29) is 18.0 Å². The first-order valence-corrected chi connectivity index (χ1v) is 6.74. The Morgan fingerprint density at radius 3 is 2.43 bits per heavy atom. The Kier molecular flexibility index (Phi) is 4.79. The van der Waals surface area contributed by atoms with Gasteiger partial charge in [0.2, 0.25) is 4.91 Å². The lowest BCUT2D eigenvalue weighted by Gasteiger charge is -2.31. The summed E-state index contributed by atoms with van der Waals surface area (Å²) in [7, 11) is 0. The zero-order chi connectivity index (χ0) is 15.2. The minimum Gasteiger partial charge on any atom is -0.462 e. The van der Waals surface area contributed by atoms with Crippen LogP contribution in [0.5, 0.6) is 0 Å². The number of nitrogens with zero attached hydrogens (tertiary/aromatic N) is 3. The molecule has 1 aliphatic heterocycles. The number of likely N-dealkylation sites (tertiary alicyclic amines) is 1. The molecule has 1 N–H and O–H groups in total. The summed E-state index contributed by atoms with van der Waals surface area (Å²) in [5, 5.41) is 3.58.